The number of likely N-dealkylation sites (tertiary alicyclic amines) is 1. The third kappa shape index (κ3) is 5.42. The number of piperidine rings is 2. The summed E-state index contributed by atoms with van der Waals surface area (Å²) < 4.78 is 0. The second kappa shape index (κ2) is 9.77. The van der Waals surface area contributed by atoms with Crippen molar-refractivity contribution in [3.05, 3.63) is 35.4 Å². The van der Waals surface area contributed by atoms with Gasteiger partial charge in [0.15, 0.2) is 0 Å². The number of halogens is 2. The van der Waals surface area contributed by atoms with Crippen molar-refractivity contribution in [1.82, 2.24) is 10.2 Å². The molecule has 2 heterocycles. The smallest absolute Gasteiger partial charge is 0.0233 e. The van der Waals surface area contributed by atoms with Gasteiger partial charge in [0.1, 0.15) is 0 Å². The second-order valence-electron chi connectivity index (χ2n) is 6.75. The molecule has 2 aliphatic rings. The molecule has 126 valence electrons. The second-order valence-corrected chi connectivity index (χ2v) is 6.75. The van der Waals surface area contributed by atoms with Crippen LogP contribution in [0.1, 0.15) is 49.7 Å². The van der Waals surface area contributed by atoms with Crippen molar-refractivity contribution in [1.29, 1.82) is 0 Å². The van der Waals surface area contributed by atoms with Crippen molar-refractivity contribution in [3.8, 4) is 0 Å². The summed E-state index contributed by atoms with van der Waals surface area (Å²) in [5, 5.41) is 3.45. The number of hydrogen-bond donors (Lipinski definition) is 1. The maximum absolute atomic E-state index is 3.45. The number of nitrogens with one attached hydrogen (secondary N) is 1. The monoisotopic (exact) mass is 344 g/mol. The normalized spacial score (nSPS) is 23.4. The molecule has 1 unspecified atom stereocenters. The van der Waals surface area contributed by atoms with E-state index >= 15 is 0 Å². The molecule has 0 saturated carbocycles. The van der Waals surface area contributed by atoms with Gasteiger partial charge in [-0.05, 0) is 68.3 Å². The van der Waals surface area contributed by atoms with E-state index in [4.69, 9.17) is 0 Å². The zero-order valence-corrected chi connectivity index (χ0v) is 15.2. The van der Waals surface area contributed by atoms with E-state index in [0.717, 1.165) is 18.4 Å². The molecule has 1 N–H and O–H groups in total. The molecule has 0 radical (unpaired) electrons. The molecule has 1 aromatic carbocycles. The Bertz CT molecular complexity index is 416. The molecule has 0 amide bonds. The predicted octanol–water partition coefficient (Wildman–Crippen LogP) is 4.23. The lowest BCUT2D eigenvalue weighted by atomic mass is 9.90. The van der Waals surface area contributed by atoms with E-state index in [1.807, 2.05) is 0 Å². The summed E-state index contributed by atoms with van der Waals surface area (Å²) in [6, 6.07) is 9.46. The van der Waals surface area contributed by atoms with Crippen LogP contribution in [0.3, 0.4) is 0 Å². The molecule has 0 aliphatic carbocycles. The van der Waals surface area contributed by atoms with E-state index in [2.05, 4.69) is 41.4 Å². The summed E-state index contributed by atoms with van der Waals surface area (Å²) in [4.78, 5) is 2.62. The standard InChI is InChI=1S/C18H28N2.2ClH/c1-15-3-2-12-20(13-15)14-16-4-6-17(7-5-16)18-8-10-19-11-9-18;;/h4-7,15,18-19H,2-3,8-14H2,1H3;2*1H. The molecule has 4 heteroatoms. The van der Waals surface area contributed by atoms with Crippen molar-refractivity contribution < 1.29 is 0 Å². The fourth-order valence-electron chi connectivity index (χ4n) is 3.74. The van der Waals surface area contributed by atoms with Gasteiger partial charge in [-0.3, -0.25) is 4.90 Å². The van der Waals surface area contributed by atoms with Crippen molar-refractivity contribution in [2.24, 2.45) is 5.92 Å². The van der Waals surface area contributed by atoms with Crippen LogP contribution in [-0.4, -0.2) is 31.1 Å². The fourth-order valence-corrected chi connectivity index (χ4v) is 3.74. The average molecular weight is 345 g/mol. The maximum Gasteiger partial charge on any atom is 0.0233 e. The Morgan fingerprint density at radius 3 is 2.36 bits per heavy atom. The highest BCUT2D eigenvalue weighted by atomic mass is 35.5. The van der Waals surface area contributed by atoms with E-state index in [1.54, 1.807) is 5.56 Å². The summed E-state index contributed by atoms with van der Waals surface area (Å²) in [7, 11) is 0. The summed E-state index contributed by atoms with van der Waals surface area (Å²) in [5.41, 5.74) is 3.03. The van der Waals surface area contributed by atoms with Gasteiger partial charge in [-0.2, -0.15) is 0 Å². The molecule has 3 rings (SSSR count). The van der Waals surface area contributed by atoms with E-state index < -0.39 is 0 Å². The molecule has 0 bridgehead atoms. The molecule has 1 aromatic rings. The Morgan fingerprint density at radius 2 is 1.73 bits per heavy atom. The number of rotatable bonds is 3. The van der Waals surface area contributed by atoms with E-state index in [1.165, 1.54) is 57.4 Å². The summed E-state index contributed by atoms with van der Waals surface area (Å²) >= 11 is 0. The maximum atomic E-state index is 3.45. The van der Waals surface area contributed by atoms with Crippen LogP contribution in [0.15, 0.2) is 24.3 Å². The molecule has 0 spiro atoms. The van der Waals surface area contributed by atoms with Gasteiger partial charge in [0.2, 0.25) is 0 Å². The van der Waals surface area contributed by atoms with Crippen molar-refractivity contribution >= 4 is 24.8 Å². The van der Waals surface area contributed by atoms with Crippen LogP contribution in [0.2, 0.25) is 0 Å². The first-order valence-electron chi connectivity index (χ1n) is 8.33. The van der Waals surface area contributed by atoms with Crippen LogP contribution < -0.4 is 5.32 Å². The van der Waals surface area contributed by atoms with Crippen LogP contribution in [0, 0.1) is 5.92 Å². The van der Waals surface area contributed by atoms with Crippen LogP contribution in [0.25, 0.3) is 0 Å². The SMILES string of the molecule is CC1CCCN(Cc2ccc(C3CCNCC3)cc2)C1.Cl.Cl. The van der Waals surface area contributed by atoms with Gasteiger partial charge in [0.25, 0.3) is 0 Å². The first kappa shape index (κ1) is 19.8. The Hall–Kier alpha value is -0.280. The molecule has 2 saturated heterocycles. The number of benzene rings is 1. The molecule has 2 aliphatic heterocycles. The highest BCUT2D eigenvalue weighted by Crippen LogP contribution is 2.26. The largest absolute Gasteiger partial charge is 0.317 e. The zero-order chi connectivity index (χ0) is 13.8. The number of hydrogen-bond acceptors (Lipinski definition) is 2. The fraction of sp³-hybridized carbons (Fsp3) is 0.667. The van der Waals surface area contributed by atoms with Crippen molar-refractivity contribution in [2.75, 3.05) is 26.2 Å². The topological polar surface area (TPSA) is 15.3 Å². The zero-order valence-electron chi connectivity index (χ0n) is 13.6. The van der Waals surface area contributed by atoms with Gasteiger partial charge in [0.05, 0.1) is 0 Å². The molecule has 22 heavy (non-hydrogen) atoms. The number of nitrogens with zero attached hydrogens (tertiary/aromatic N) is 1. The quantitative estimate of drug-likeness (QED) is 0.882. The first-order chi connectivity index (χ1) is 9.81. The Kier molecular flexibility index (Phi) is 8.78. The highest BCUT2D eigenvalue weighted by Gasteiger charge is 2.17. The lowest BCUT2D eigenvalue weighted by Gasteiger charge is -2.31. The van der Waals surface area contributed by atoms with Gasteiger partial charge in [-0.25, -0.2) is 0 Å². The average Bonchev–Trinajstić information content (AvgIpc) is 2.49. The minimum Gasteiger partial charge on any atom is -0.317 e. The summed E-state index contributed by atoms with van der Waals surface area (Å²) in [6.45, 7) is 8.43. The molecule has 0 aromatic heterocycles. The minimum absolute atomic E-state index is 0. The van der Waals surface area contributed by atoms with Crippen molar-refractivity contribution in [3.63, 3.8) is 0 Å². The van der Waals surface area contributed by atoms with Crippen LogP contribution in [0.4, 0.5) is 0 Å². The summed E-state index contributed by atoms with van der Waals surface area (Å²) in [5.74, 6) is 1.65. The Morgan fingerprint density at radius 1 is 1.05 bits per heavy atom. The minimum atomic E-state index is 0. The van der Waals surface area contributed by atoms with Crippen molar-refractivity contribution in [2.45, 2.75) is 45.1 Å². The van der Waals surface area contributed by atoms with Crippen LogP contribution >= 0.6 is 24.8 Å². The van der Waals surface area contributed by atoms with Gasteiger partial charge in [-0.15, -0.1) is 24.8 Å². The van der Waals surface area contributed by atoms with Gasteiger partial charge >= 0.3 is 0 Å². The van der Waals surface area contributed by atoms with Crippen LogP contribution in [-0.2, 0) is 6.54 Å². The Labute approximate surface area is 147 Å². The van der Waals surface area contributed by atoms with E-state index in [0.29, 0.717) is 0 Å². The molecular weight excluding hydrogens is 315 g/mol. The highest BCUT2D eigenvalue weighted by molar-refractivity contribution is 5.85. The van der Waals surface area contributed by atoms with Gasteiger partial charge in [-0.1, -0.05) is 31.2 Å². The Balaban J connectivity index is 0.00000121. The first-order valence-corrected chi connectivity index (χ1v) is 8.33. The summed E-state index contributed by atoms with van der Waals surface area (Å²) in [6.07, 6.45) is 5.37. The lowest BCUT2D eigenvalue weighted by Crippen LogP contribution is -2.33. The lowest BCUT2D eigenvalue weighted by molar-refractivity contribution is 0.176. The predicted molar refractivity (Wildman–Crippen MR) is 99.5 cm³/mol. The molecule has 2 nitrogen and oxygen atoms in total. The van der Waals surface area contributed by atoms with Gasteiger partial charge < -0.3 is 5.32 Å². The third-order valence-corrected chi connectivity index (χ3v) is 4.94. The van der Waals surface area contributed by atoms with E-state index in [9.17, 15) is 0 Å². The third-order valence-electron chi connectivity index (χ3n) is 4.94. The molecule has 1 atom stereocenters. The van der Waals surface area contributed by atoms with Crippen LogP contribution in [0.5, 0.6) is 0 Å². The van der Waals surface area contributed by atoms with Gasteiger partial charge in [0, 0.05) is 13.1 Å². The molecule has 2 fully saturated rings. The molecular formula is C18H30Cl2N2. The van der Waals surface area contributed by atoms with E-state index in [-0.39, 0.29) is 24.8 Å².